The number of halogens is 1. The van der Waals surface area contributed by atoms with Crippen LogP contribution >= 0.6 is 11.6 Å². The molecule has 1 aromatic carbocycles. The van der Waals surface area contributed by atoms with E-state index in [0.29, 0.717) is 5.56 Å². The van der Waals surface area contributed by atoms with E-state index in [1.54, 1.807) is 13.0 Å². The molecule has 0 spiro atoms. The molecule has 0 heterocycles. The molecule has 0 saturated carbocycles. The molecular formula is C10H8ClNO4. The van der Waals surface area contributed by atoms with Gasteiger partial charge in [0.1, 0.15) is 5.02 Å². The third kappa shape index (κ3) is 2.58. The average molecular weight is 242 g/mol. The lowest BCUT2D eigenvalue weighted by Gasteiger charge is -2.03. The van der Waals surface area contributed by atoms with E-state index < -0.39 is 10.9 Å². The third-order valence-electron chi connectivity index (χ3n) is 1.96. The van der Waals surface area contributed by atoms with E-state index in [-0.39, 0.29) is 16.3 Å². The van der Waals surface area contributed by atoms with Crippen molar-refractivity contribution in [2.24, 2.45) is 0 Å². The van der Waals surface area contributed by atoms with Crippen LogP contribution in [0.1, 0.15) is 11.1 Å². The summed E-state index contributed by atoms with van der Waals surface area (Å²) in [6.07, 6.45) is 2.01. The summed E-state index contributed by atoms with van der Waals surface area (Å²) in [5.41, 5.74) is 0.521. The zero-order valence-electron chi connectivity index (χ0n) is 8.31. The molecule has 0 aliphatic heterocycles. The van der Waals surface area contributed by atoms with Crippen LogP contribution in [0.3, 0.4) is 0 Å². The highest BCUT2D eigenvalue weighted by molar-refractivity contribution is 6.33. The number of hydrogen-bond acceptors (Lipinski definition) is 3. The van der Waals surface area contributed by atoms with Crippen LogP contribution in [-0.4, -0.2) is 16.0 Å². The van der Waals surface area contributed by atoms with Crippen molar-refractivity contribution in [1.82, 2.24) is 0 Å². The lowest BCUT2D eigenvalue weighted by Crippen LogP contribution is -1.96. The van der Waals surface area contributed by atoms with Crippen molar-refractivity contribution in [3.05, 3.63) is 44.5 Å². The quantitative estimate of drug-likeness (QED) is 0.501. The number of rotatable bonds is 3. The third-order valence-corrected chi connectivity index (χ3v) is 2.27. The Bertz CT molecular complexity index is 482. The van der Waals surface area contributed by atoms with Gasteiger partial charge in [-0.05, 0) is 24.6 Å². The summed E-state index contributed by atoms with van der Waals surface area (Å²) in [6.45, 7) is 1.64. The Morgan fingerprint density at radius 2 is 2.19 bits per heavy atom. The van der Waals surface area contributed by atoms with E-state index in [1.165, 1.54) is 12.1 Å². The molecular weight excluding hydrogens is 234 g/mol. The van der Waals surface area contributed by atoms with Gasteiger partial charge in [0.05, 0.1) is 10.5 Å². The highest BCUT2D eigenvalue weighted by Crippen LogP contribution is 2.31. The second kappa shape index (κ2) is 4.76. The fourth-order valence-electron chi connectivity index (χ4n) is 1.23. The second-order valence-corrected chi connectivity index (χ2v) is 3.46. The fraction of sp³-hybridized carbons (Fsp3) is 0.100. The SMILES string of the molecule is Cc1ccc(Cl)c([N+](=O)[O-])c1/C=C/C(=O)O. The largest absolute Gasteiger partial charge is 0.478 e. The zero-order chi connectivity index (χ0) is 12.3. The van der Waals surface area contributed by atoms with Crippen molar-refractivity contribution in [3.63, 3.8) is 0 Å². The van der Waals surface area contributed by atoms with Crippen molar-refractivity contribution in [2.45, 2.75) is 6.92 Å². The van der Waals surface area contributed by atoms with Gasteiger partial charge < -0.3 is 5.11 Å². The van der Waals surface area contributed by atoms with Crippen LogP contribution in [0.15, 0.2) is 18.2 Å². The Morgan fingerprint density at radius 3 is 2.69 bits per heavy atom. The van der Waals surface area contributed by atoms with Crippen LogP contribution in [-0.2, 0) is 4.79 Å². The van der Waals surface area contributed by atoms with E-state index in [4.69, 9.17) is 16.7 Å². The molecule has 0 aromatic heterocycles. The number of hydrogen-bond donors (Lipinski definition) is 1. The molecule has 84 valence electrons. The predicted octanol–water partition coefficient (Wildman–Crippen LogP) is 2.65. The molecule has 1 N–H and O–H groups in total. The average Bonchev–Trinajstić information content (AvgIpc) is 2.18. The van der Waals surface area contributed by atoms with E-state index in [9.17, 15) is 14.9 Å². The van der Waals surface area contributed by atoms with Gasteiger partial charge in [0.2, 0.25) is 0 Å². The van der Waals surface area contributed by atoms with Crippen molar-refractivity contribution >= 4 is 29.3 Å². The minimum absolute atomic E-state index is 0.0133. The maximum absolute atomic E-state index is 10.8. The minimum Gasteiger partial charge on any atom is -0.478 e. The number of carboxylic acids is 1. The van der Waals surface area contributed by atoms with E-state index in [1.807, 2.05) is 0 Å². The van der Waals surface area contributed by atoms with E-state index >= 15 is 0 Å². The van der Waals surface area contributed by atoms with Gasteiger partial charge in [-0.1, -0.05) is 17.7 Å². The lowest BCUT2D eigenvalue weighted by molar-refractivity contribution is -0.385. The summed E-state index contributed by atoms with van der Waals surface area (Å²) in [4.78, 5) is 20.5. The monoisotopic (exact) mass is 241 g/mol. The maximum Gasteiger partial charge on any atom is 0.328 e. The normalized spacial score (nSPS) is 10.6. The highest BCUT2D eigenvalue weighted by atomic mass is 35.5. The zero-order valence-corrected chi connectivity index (χ0v) is 9.06. The minimum atomic E-state index is -1.17. The fourth-order valence-corrected chi connectivity index (χ4v) is 1.47. The summed E-state index contributed by atoms with van der Waals surface area (Å²) in [5.74, 6) is -1.17. The number of nitrogens with zero attached hydrogens (tertiary/aromatic N) is 1. The predicted molar refractivity (Wildman–Crippen MR) is 59.5 cm³/mol. The molecule has 0 unspecified atom stereocenters. The number of carboxylic acid groups (broad SMARTS) is 1. The molecule has 0 atom stereocenters. The van der Waals surface area contributed by atoms with Gasteiger partial charge >= 0.3 is 5.97 Å². The van der Waals surface area contributed by atoms with Gasteiger partial charge in [-0.15, -0.1) is 0 Å². The molecule has 0 fully saturated rings. The van der Waals surface area contributed by atoms with Crippen molar-refractivity contribution in [1.29, 1.82) is 0 Å². The van der Waals surface area contributed by atoms with Gasteiger partial charge in [0, 0.05) is 6.08 Å². The van der Waals surface area contributed by atoms with Crippen molar-refractivity contribution < 1.29 is 14.8 Å². The van der Waals surface area contributed by atoms with Gasteiger partial charge in [-0.3, -0.25) is 10.1 Å². The van der Waals surface area contributed by atoms with Crippen molar-refractivity contribution in [3.8, 4) is 0 Å². The van der Waals surface area contributed by atoms with Gasteiger partial charge in [0.15, 0.2) is 0 Å². The molecule has 0 saturated heterocycles. The number of nitro benzene ring substituents is 1. The number of nitro groups is 1. The number of carbonyl (C=O) groups is 1. The van der Waals surface area contributed by atoms with Gasteiger partial charge in [0.25, 0.3) is 5.69 Å². The summed E-state index contributed by atoms with van der Waals surface area (Å²) >= 11 is 5.69. The molecule has 1 aromatic rings. The first kappa shape index (κ1) is 12.2. The standard InChI is InChI=1S/C10H8ClNO4/c1-6-2-4-8(11)10(12(15)16)7(6)3-5-9(13)14/h2-5H,1H3,(H,13,14)/b5-3+. The molecule has 0 aliphatic carbocycles. The molecule has 0 radical (unpaired) electrons. The molecule has 6 heteroatoms. The lowest BCUT2D eigenvalue weighted by atomic mass is 10.1. The summed E-state index contributed by atoms with van der Waals surface area (Å²) < 4.78 is 0. The number of benzene rings is 1. The van der Waals surface area contributed by atoms with Crippen LogP contribution in [0, 0.1) is 17.0 Å². The Kier molecular flexibility index (Phi) is 3.63. The first-order valence-electron chi connectivity index (χ1n) is 4.28. The highest BCUT2D eigenvalue weighted by Gasteiger charge is 2.18. The molecule has 0 bridgehead atoms. The molecule has 1 rings (SSSR count). The first-order valence-corrected chi connectivity index (χ1v) is 4.65. The Morgan fingerprint density at radius 1 is 1.56 bits per heavy atom. The summed E-state index contributed by atoms with van der Waals surface area (Å²) in [7, 11) is 0. The van der Waals surface area contributed by atoms with Gasteiger partial charge in [-0.2, -0.15) is 0 Å². The number of aliphatic carboxylic acids is 1. The van der Waals surface area contributed by atoms with Crippen LogP contribution < -0.4 is 0 Å². The molecule has 5 nitrogen and oxygen atoms in total. The smallest absolute Gasteiger partial charge is 0.328 e. The van der Waals surface area contributed by atoms with Crippen LogP contribution in [0.2, 0.25) is 5.02 Å². The van der Waals surface area contributed by atoms with Crippen LogP contribution in [0.4, 0.5) is 5.69 Å². The van der Waals surface area contributed by atoms with E-state index in [2.05, 4.69) is 0 Å². The molecule has 0 aliphatic rings. The maximum atomic E-state index is 10.8. The molecule has 16 heavy (non-hydrogen) atoms. The summed E-state index contributed by atoms with van der Waals surface area (Å²) in [5, 5.41) is 19.2. The Balaban J connectivity index is 3.40. The molecule has 0 amide bonds. The van der Waals surface area contributed by atoms with Gasteiger partial charge in [-0.25, -0.2) is 4.79 Å². The number of aryl methyl sites for hydroxylation is 1. The Hall–Kier alpha value is -1.88. The van der Waals surface area contributed by atoms with Crippen LogP contribution in [0.5, 0.6) is 0 Å². The van der Waals surface area contributed by atoms with Crippen LogP contribution in [0.25, 0.3) is 6.08 Å². The van der Waals surface area contributed by atoms with E-state index in [0.717, 1.165) is 6.08 Å². The topological polar surface area (TPSA) is 80.4 Å². The first-order chi connectivity index (χ1) is 7.43. The summed E-state index contributed by atoms with van der Waals surface area (Å²) in [6, 6.07) is 3.00. The second-order valence-electron chi connectivity index (χ2n) is 3.06. The Labute approximate surface area is 96.1 Å². The van der Waals surface area contributed by atoms with Crippen molar-refractivity contribution in [2.75, 3.05) is 0 Å².